The fourth-order valence-corrected chi connectivity index (χ4v) is 11.9. The number of alkyl halides is 2. The summed E-state index contributed by atoms with van der Waals surface area (Å²) in [5.41, 5.74) is 1.25. The van der Waals surface area contributed by atoms with E-state index in [-0.39, 0.29) is 50.9 Å². The summed E-state index contributed by atoms with van der Waals surface area (Å²) in [5, 5.41) is 4.26. The van der Waals surface area contributed by atoms with Crippen LogP contribution in [0.2, 0.25) is 0 Å². The van der Waals surface area contributed by atoms with Crippen molar-refractivity contribution in [2.75, 3.05) is 17.6 Å². The average Bonchev–Trinajstić information content (AvgIpc) is 3.54. The molecule has 3 saturated heterocycles. The number of nitrogens with one attached hydrogen (secondary N) is 1. The van der Waals surface area contributed by atoms with Gasteiger partial charge in [0.25, 0.3) is 0 Å². The Balaban J connectivity index is 1.13. The van der Waals surface area contributed by atoms with E-state index in [0.29, 0.717) is 34.9 Å². The van der Waals surface area contributed by atoms with Crippen molar-refractivity contribution in [1.82, 2.24) is 24.6 Å². The van der Waals surface area contributed by atoms with Gasteiger partial charge in [0.1, 0.15) is 0 Å². The van der Waals surface area contributed by atoms with Gasteiger partial charge in [-0.05, 0) is 0 Å². The van der Waals surface area contributed by atoms with Gasteiger partial charge in [0.2, 0.25) is 0 Å². The fraction of sp³-hybridized carbons (Fsp3) is 0.457. The number of pyridine rings is 1. The van der Waals surface area contributed by atoms with Crippen LogP contribution in [-0.4, -0.2) is 92.0 Å². The van der Waals surface area contributed by atoms with Crippen LogP contribution in [0.3, 0.4) is 0 Å². The molecule has 4 aliphatic rings. The number of aromatic nitrogens is 1. The van der Waals surface area contributed by atoms with E-state index in [1.54, 1.807) is 65.5 Å². The van der Waals surface area contributed by atoms with Gasteiger partial charge in [-0.25, -0.2) is 0 Å². The number of amides is 4. The Morgan fingerprint density at radius 2 is 1.76 bits per heavy atom. The summed E-state index contributed by atoms with van der Waals surface area (Å²) >= 11 is -0.687. The molecule has 1 aliphatic carbocycles. The normalized spacial score (nSPS) is 24.8. The molecule has 13 nitrogen and oxygen atoms in total. The number of halogens is 1. The van der Waals surface area contributed by atoms with Crippen molar-refractivity contribution in [1.29, 1.82) is 0 Å². The molecule has 2 aromatic carbocycles. The molecule has 4 atom stereocenters. The summed E-state index contributed by atoms with van der Waals surface area (Å²) in [5.74, 6) is -1.14. The van der Waals surface area contributed by atoms with Crippen molar-refractivity contribution in [3.05, 3.63) is 81.8 Å². The van der Waals surface area contributed by atoms with Crippen molar-refractivity contribution in [3.8, 4) is 0 Å². The first-order chi connectivity index (χ1) is 23.7. The molecule has 4 fully saturated rings. The van der Waals surface area contributed by atoms with Crippen LogP contribution in [0.15, 0.2) is 59.5 Å². The molecule has 4 amide bonds. The van der Waals surface area contributed by atoms with Crippen LogP contribution >= 0.6 is 7.60 Å². The molecule has 266 valence electrons. The first kappa shape index (κ1) is 34.8. The standard InChI is InChI=1S/C35H40IN5O8P/c1-21(42)39-18-28(37-32(44)25-6-5-23-4-3-22(13-26(23)14-25)19-50(47,48)49)33(45)41-29(7-8-30(41)36-20-39)34(46)40-17-27(16-35(40)10-11-35)24-9-12-38(2)31(43)15-24/h3-6,9,12-15,27-30H,7-8,10-11,16-20H2,1-2H3,(H,37,44)(H2,47,48,49)/q-1/t27?,28-,29-,30+/m0/s1. The second kappa shape index (κ2) is 13.2. The van der Waals surface area contributed by atoms with Gasteiger partial charge < -0.3 is 9.79 Å². The van der Waals surface area contributed by atoms with Crippen LogP contribution in [0.5, 0.6) is 0 Å². The maximum atomic E-state index is 14.5. The molecule has 1 unspecified atom stereocenters. The number of carbonyl (C=O) groups is 4. The number of aryl methyl sites for hydroxylation is 1. The molecule has 7 rings (SSSR count). The van der Waals surface area contributed by atoms with E-state index in [1.807, 2.05) is 11.0 Å². The number of hydrogen-bond acceptors (Lipinski definition) is 6. The Hall–Kier alpha value is -3.59. The number of carbonyl (C=O) groups excluding carboxylic acids is 4. The molecule has 15 heteroatoms. The summed E-state index contributed by atoms with van der Waals surface area (Å²) in [6.07, 6.45) is 5.05. The van der Waals surface area contributed by atoms with Crippen LogP contribution in [0.4, 0.5) is 0 Å². The molecule has 1 saturated carbocycles. The van der Waals surface area contributed by atoms with Gasteiger partial charge in [-0.2, -0.15) is 0 Å². The van der Waals surface area contributed by atoms with E-state index in [2.05, 4.69) is 5.32 Å². The van der Waals surface area contributed by atoms with Gasteiger partial charge in [0.15, 0.2) is 0 Å². The topological polar surface area (TPSA) is 170 Å². The average molecular weight is 817 g/mol. The zero-order valence-corrected chi connectivity index (χ0v) is 30.9. The molecular weight excluding hydrogens is 776 g/mol. The molecule has 1 spiro atoms. The number of rotatable bonds is 6. The summed E-state index contributed by atoms with van der Waals surface area (Å²) in [7, 11) is -2.59. The minimum absolute atomic E-state index is 0.0114. The fourth-order valence-electron chi connectivity index (χ4n) is 7.69. The number of fused-ring (bicyclic) bond motifs is 2. The number of benzene rings is 2. The van der Waals surface area contributed by atoms with E-state index in [9.17, 15) is 38.3 Å². The van der Waals surface area contributed by atoms with E-state index >= 15 is 0 Å². The molecule has 50 heavy (non-hydrogen) atoms. The predicted molar refractivity (Wildman–Crippen MR) is 180 cm³/mol. The monoisotopic (exact) mass is 816 g/mol. The summed E-state index contributed by atoms with van der Waals surface area (Å²) in [4.78, 5) is 91.8. The summed E-state index contributed by atoms with van der Waals surface area (Å²) in [6, 6.07) is 11.8. The Kier molecular flexibility index (Phi) is 9.19. The quantitative estimate of drug-likeness (QED) is 0.124. The molecular formula is C35H40IN5O8P-. The van der Waals surface area contributed by atoms with E-state index in [4.69, 9.17) is 0 Å². The summed E-state index contributed by atoms with van der Waals surface area (Å²) in [6.45, 7) is 1.93. The zero-order valence-electron chi connectivity index (χ0n) is 27.8. The molecule has 0 bridgehead atoms. The molecule has 4 heterocycles. The van der Waals surface area contributed by atoms with E-state index in [0.717, 1.165) is 30.2 Å². The van der Waals surface area contributed by atoms with Crippen LogP contribution < -0.4 is 32.1 Å². The third-order valence-electron chi connectivity index (χ3n) is 10.5. The first-order valence-electron chi connectivity index (χ1n) is 16.7. The second-order valence-corrected chi connectivity index (χ2v) is 18.7. The van der Waals surface area contributed by atoms with Crippen molar-refractivity contribution in [2.45, 2.75) is 72.8 Å². The Morgan fingerprint density at radius 3 is 2.46 bits per heavy atom. The SMILES string of the molecule is CC(=O)N1C[I-][C@H]2CC[C@@H](C(=O)N3CC(c4ccn(C)c(=O)c4)CC34CC4)N2C(=O)[C@@H](NC(=O)c2ccc3ccc(CP(=O)(O)O)cc3c2)C1. The van der Waals surface area contributed by atoms with Gasteiger partial charge in [-0.15, -0.1) is 0 Å². The minimum atomic E-state index is -4.29. The number of likely N-dealkylation sites (tertiary alicyclic amines) is 1. The Labute approximate surface area is 299 Å². The van der Waals surface area contributed by atoms with Gasteiger partial charge in [0.05, 0.1) is 0 Å². The molecule has 3 aliphatic heterocycles. The van der Waals surface area contributed by atoms with Crippen LogP contribution in [0.25, 0.3) is 10.8 Å². The van der Waals surface area contributed by atoms with Gasteiger partial charge in [-0.3, -0.25) is 4.57 Å². The number of hydrogen-bond donors (Lipinski definition) is 3. The molecule has 3 aromatic rings. The third-order valence-corrected chi connectivity index (χ3v) is 14.8. The second-order valence-electron chi connectivity index (χ2n) is 14.0. The predicted octanol–water partition coefficient (Wildman–Crippen LogP) is -0.911. The van der Waals surface area contributed by atoms with E-state index in [1.165, 1.54) is 11.5 Å². The Bertz CT molecular complexity index is 2010. The van der Waals surface area contributed by atoms with Gasteiger partial charge in [-0.1, -0.05) is 0 Å². The van der Waals surface area contributed by atoms with Crippen molar-refractivity contribution < 1.29 is 54.7 Å². The zero-order chi connectivity index (χ0) is 35.5. The van der Waals surface area contributed by atoms with Crippen molar-refractivity contribution >= 4 is 42.0 Å². The first-order valence-corrected chi connectivity index (χ1v) is 21.3. The van der Waals surface area contributed by atoms with Crippen molar-refractivity contribution in [2.24, 2.45) is 7.05 Å². The molecule has 1 aromatic heterocycles. The maximum absolute atomic E-state index is 14.5. The third kappa shape index (κ3) is 6.87. The molecule has 3 N–H and O–H groups in total. The van der Waals surface area contributed by atoms with Gasteiger partial charge >= 0.3 is 286 Å². The molecule has 0 radical (unpaired) electrons. The van der Waals surface area contributed by atoms with Crippen LogP contribution in [0.1, 0.15) is 66.4 Å². The number of nitrogens with zero attached hydrogens (tertiary/aromatic N) is 4. The van der Waals surface area contributed by atoms with Gasteiger partial charge in [0, 0.05) is 0 Å². The van der Waals surface area contributed by atoms with Crippen LogP contribution in [0, 0.1) is 0 Å². The Morgan fingerprint density at radius 1 is 1.00 bits per heavy atom. The van der Waals surface area contributed by atoms with Crippen molar-refractivity contribution in [3.63, 3.8) is 0 Å². The summed E-state index contributed by atoms with van der Waals surface area (Å²) < 4.78 is 13.4. The van der Waals surface area contributed by atoms with Crippen LogP contribution in [-0.2, 0) is 32.2 Å². The van der Waals surface area contributed by atoms with E-state index < -0.39 is 53.0 Å².